The molecule has 2 aliphatic rings. The lowest BCUT2D eigenvalue weighted by molar-refractivity contribution is -0.152. The second-order valence-electron chi connectivity index (χ2n) is 8.66. The number of benzene rings is 1. The zero-order chi connectivity index (χ0) is 22.4. The van der Waals surface area contributed by atoms with Crippen LogP contribution in [0, 0.1) is 5.92 Å². The second kappa shape index (κ2) is 10.8. The van der Waals surface area contributed by atoms with E-state index in [4.69, 9.17) is 4.74 Å². The highest BCUT2D eigenvalue weighted by atomic mass is 16.5. The van der Waals surface area contributed by atoms with Crippen molar-refractivity contribution in [2.45, 2.75) is 83.0 Å². The van der Waals surface area contributed by atoms with Crippen molar-refractivity contribution >= 4 is 17.8 Å². The van der Waals surface area contributed by atoms with Crippen LogP contribution in [0.5, 0.6) is 0 Å². The van der Waals surface area contributed by atoms with Gasteiger partial charge in [0.05, 0.1) is 12.6 Å². The van der Waals surface area contributed by atoms with Gasteiger partial charge in [0.15, 0.2) is 0 Å². The van der Waals surface area contributed by atoms with Crippen molar-refractivity contribution in [3.05, 3.63) is 35.9 Å². The van der Waals surface area contributed by atoms with E-state index in [1.165, 1.54) is 0 Å². The molecule has 0 spiro atoms. The Morgan fingerprint density at radius 1 is 1.19 bits per heavy atom. The zero-order valence-corrected chi connectivity index (χ0v) is 18.5. The van der Waals surface area contributed by atoms with Crippen LogP contribution >= 0.6 is 0 Å². The van der Waals surface area contributed by atoms with Crippen LogP contribution in [0.4, 0.5) is 0 Å². The first-order chi connectivity index (χ1) is 14.9. The summed E-state index contributed by atoms with van der Waals surface area (Å²) in [6.07, 6.45) is 5.62. The molecule has 1 aliphatic heterocycles. The van der Waals surface area contributed by atoms with Gasteiger partial charge in [-0.3, -0.25) is 14.9 Å². The fourth-order valence-electron chi connectivity index (χ4n) is 5.06. The van der Waals surface area contributed by atoms with Crippen molar-refractivity contribution in [3.63, 3.8) is 0 Å². The summed E-state index contributed by atoms with van der Waals surface area (Å²) < 4.78 is 5.22. The molecule has 1 aliphatic carbocycles. The van der Waals surface area contributed by atoms with Crippen LogP contribution in [0.1, 0.15) is 57.9 Å². The molecule has 2 fully saturated rings. The lowest BCUT2D eigenvalue weighted by Crippen LogP contribution is -2.55. The van der Waals surface area contributed by atoms with E-state index in [0.717, 1.165) is 31.2 Å². The van der Waals surface area contributed by atoms with Crippen molar-refractivity contribution in [3.8, 4) is 0 Å². The molecule has 0 unspecified atom stereocenters. The monoisotopic (exact) mass is 430 g/mol. The molecule has 1 aromatic carbocycles. The second-order valence-corrected chi connectivity index (χ2v) is 8.66. The number of amides is 1. The Bertz CT molecular complexity index is 768. The maximum atomic E-state index is 13.4. The summed E-state index contributed by atoms with van der Waals surface area (Å²) in [6.45, 7) is 3.74. The fraction of sp³-hybridized carbons (Fsp3) is 0.625. The number of carbonyl (C=O) groups is 3. The molecule has 1 saturated heterocycles. The topological polar surface area (TPSA) is 95.9 Å². The Balaban J connectivity index is 1.70. The molecule has 0 radical (unpaired) electrons. The van der Waals surface area contributed by atoms with Crippen LogP contribution < -0.4 is 5.32 Å². The SMILES string of the molecule is CCOC(=O)[C@H](CCc1ccccc1)N[C@@H](C)C(=O)N1[C@@H](C(=O)O)C[C@H]2CCCC[C@@H]21. The molecule has 1 aromatic rings. The molecule has 3 rings (SSSR count). The van der Waals surface area contributed by atoms with Crippen molar-refractivity contribution in [1.29, 1.82) is 0 Å². The third-order valence-electron chi connectivity index (χ3n) is 6.58. The van der Waals surface area contributed by atoms with E-state index in [-0.39, 0.29) is 30.4 Å². The number of ether oxygens (including phenoxy) is 1. The lowest BCUT2D eigenvalue weighted by Gasteiger charge is -2.35. The number of nitrogens with one attached hydrogen (secondary N) is 1. The molecule has 5 atom stereocenters. The number of likely N-dealkylation sites (tertiary alicyclic amines) is 1. The average molecular weight is 431 g/mol. The molecule has 0 bridgehead atoms. The minimum Gasteiger partial charge on any atom is -0.480 e. The van der Waals surface area contributed by atoms with E-state index in [1.54, 1.807) is 18.7 Å². The van der Waals surface area contributed by atoms with E-state index in [9.17, 15) is 19.5 Å². The lowest BCUT2D eigenvalue weighted by atomic mass is 9.84. The van der Waals surface area contributed by atoms with Crippen LogP contribution in [-0.2, 0) is 25.5 Å². The summed E-state index contributed by atoms with van der Waals surface area (Å²) in [4.78, 5) is 39.3. The van der Waals surface area contributed by atoms with Crippen LogP contribution in [0.3, 0.4) is 0 Å². The van der Waals surface area contributed by atoms with Gasteiger partial charge in [0.2, 0.25) is 5.91 Å². The number of rotatable bonds is 9. The Labute approximate surface area is 184 Å². The quantitative estimate of drug-likeness (QED) is 0.585. The average Bonchev–Trinajstić information content (AvgIpc) is 3.16. The minimum absolute atomic E-state index is 0.0167. The van der Waals surface area contributed by atoms with Crippen LogP contribution in [0.25, 0.3) is 0 Å². The summed E-state index contributed by atoms with van der Waals surface area (Å²) in [5.74, 6) is -1.31. The maximum absolute atomic E-state index is 13.4. The Hall–Kier alpha value is -2.41. The third kappa shape index (κ3) is 5.64. The molecule has 7 heteroatoms. The van der Waals surface area contributed by atoms with E-state index < -0.39 is 24.1 Å². The molecule has 2 N–H and O–H groups in total. The number of carbonyl (C=O) groups excluding carboxylic acids is 2. The molecule has 1 heterocycles. The molecular weight excluding hydrogens is 396 g/mol. The first kappa shape index (κ1) is 23.3. The maximum Gasteiger partial charge on any atom is 0.326 e. The smallest absolute Gasteiger partial charge is 0.326 e. The van der Waals surface area contributed by atoms with Gasteiger partial charge in [0, 0.05) is 6.04 Å². The van der Waals surface area contributed by atoms with Crippen LogP contribution in [0.15, 0.2) is 30.3 Å². The van der Waals surface area contributed by atoms with Gasteiger partial charge in [-0.05, 0) is 57.4 Å². The number of carboxylic acid groups (broad SMARTS) is 1. The first-order valence-electron chi connectivity index (χ1n) is 11.4. The molecule has 1 amide bonds. The summed E-state index contributed by atoms with van der Waals surface area (Å²) in [5, 5.41) is 12.9. The molecule has 1 saturated carbocycles. The van der Waals surface area contributed by atoms with Gasteiger partial charge in [-0.15, -0.1) is 0 Å². The summed E-state index contributed by atoms with van der Waals surface area (Å²) >= 11 is 0. The number of aryl methyl sites for hydroxylation is 1. The zero-order valence-electron chi connectivity index (χ0n) is 18.5. The Morgan fingerprint density at radius 3 is 2.58 bits per heavy atom. The first-order valence-corrected chi connectivity index (χ1v) is 11.4. The van der Waals surface area contributed by atoms with E-state index in [1.807, 2.05) is 30.3 Å². The molecular formula is C24H34N2O5. The number of carboxylic acids is 1. The van der Waals surface area contributed by atoms with Crippen molar-refractivity contribution in [1.82, 2.24) is 10.2 Å². The van der Waals surface area contributed by atoms with Crippen molar-refractivity contribution < 1.29 is 24.2 Å². The summed E-state index contributed by atoms with van der Waals surface area (Å²) in [5.41, 5.74) is 1.10. The standard InChI is InChI=1S/C24H34N2O5/c1-3-31-24(30)19(14-13-17-9-5-4-6-10-17)25-16(2)22(27)26-20-12-8-7-11-18(20)15-21(26)23(28)29/h4-6,9-10,16,18-21,25H,3,7-8,11-15H2,1-2H3,(H,28,29)/t16-,18+,19-,20-,21+/m0/s1. The fourth-order valence-corrected chi connectivity index (χ4v) is 5.06. The van der Waals surface area contributed by atoms with Crippen molar-refractivity contribution in [2.24, 2.45) is 5.92 Å². The highest BCUT2D eigenvalue weighted by Gasteiger charge is 2.48. The predicted octanol–water partition coefficient (Wildman–Crippen LogP) is 2.77. The highest BCUT2D eigenvalue weighted by molar-refractivity contribution is 5.88. The highest BCUT2D eigenvalue weighted by Crippen LogP contribution is 2.40. The number of nitrogens with zero attached hydrogens (tertiary/aromatic N) is 1. The van der Waals surface area contributed by atoms with E-state index >= 15 is 0 Å². The largest absolute Gasteiger partial charge is 0.480 e. The third-order valence-corrected chi connectivity index (χ3v) is 6.58. The molecule has 7 nitrogen and oxygen atoms in total. The normalized spacial score (nSPS) is 24.8. The number of hydrogen-bond acceptors (Lipinski definition) is 5. The summed E-state index contributed by atoms with van der Waals surface area (Å²) in [6, 6.07) is 7.75. The van der Waals surface area contributed by atoms with Crippen LogP contribution in [-0.4, -0.2) is 58.6 Å². The van der Waals surface area contributed by atoms with Gasteiger partial charge >= 0.3 is 11.9 Å². The Kier molecular flexibility index (Phi) is 8.07. The molecule has 170 valence electrons. The minimum atomic E-state index is -0.944. The van der Waals surface area contributed by atoms with Gasteiger partial charge < -0.3 is 14.7 Å². The number of hydrogen-bond donors (Lipinski definition) is 2. The van der Waals surface area contributed by atoms with Gasteiger partial charge in [-0.1, -0.05) is 43.2 Å². The van der Waals surface area contributed by atoms with E-state index in [2.05, 4.69) is 5.32 Å². The van der Waals surface area contributed by atoms with Gasteiger partial charge in [0.1, 0.15) is 12.1 Å². The van der Waals surface area contributed by atoms with Gasteiger partial charge in [0.25, 0.3) is 0 Å². The predicted molar refractivity (Wildman–Crippen MR) is 116 cm³/mol. The van der Waals surface area contributed by atoms with Crippen LogP contribution in [0.2, 0.25) is 0 Å². The number of aliphatic carboxylic acids is 1. The van der Waals surface area contributed by atoms with Gasteiger partial charge in [-0.25, -0.2) is 4.79 Å². The molecule has 31 heavy (non-hydrogen) atoms. The Morgan fingerprint density at radius 2 is 1.90 bits per heavy atom. The van der Waals surface area contributed by atoms with E-state index in [0.29, 0.717) is 19.3 Å². The van der Waals surface area contributed by atoms with Gasteiger partial charge in [-0.2, -0.15) is 0 Å². The number of fused-ring (bicyclic) bond motifs is 1. The van der Waals surface area contributed by atoms with Crippen molar-refractivity contribution in [2.75, 3.05) is 6.61 Å². The molecule has 0 aromatic heterocycles. The summed E-state index contributed by atoms with van der Waals surface area (Å²) in [7, 11) is 0. The number of esters is 1.